The van der Waals surface area contributed by atoms with Crippen LogP contribution in [-0.2, 0) is 4.79 Å². The summed E-state index contributed by atoms with van der Waals surface area (Å²) in [5.41, 5.74) is 0. The summed E-state index contributed by atoms with van der Waals surface area (Å²) in [5.74, 6) is 0.785. The molecule has 1 aromatic rings. The molecule has 1 amide bonds. The molecule has 21 heavy (non-hydrogen) atoms. The second-order valence-electron chi connectivity index (χ2n) is 5.99. The van der Waals surface area contributed by atoms with Gasteiger partial charge in [0.15, 0.2) is 6.10 Å². The number of ether oxygens (including phenoxy) is 1. The quantitative estimate of drug-likeness (QED) is 0.831. The minimum absolute atomic E-state index is 0.114. The predicted octanol–water partition coefficient (Wildman–Crippen LogP) is 3.78. The molecule has 0 heterocycles. The molecule has 1 aromatic carbocycles. The van der Waals surface area contributed by atoms with Crippen LogP contribution in [0.15, 0.2) is 24.3 Å². The van der Waals surface area contributed by atoms with E-state index in [0.717, 1.165) is 0 Å². The van der Waals surface area contributed by atoms with Crippen molar-refractivity contribution >= 4 is 5.91 Å². The van der Waals surface area contributed by atoms with Crippen LogP contribution < -0.4 is 10.1 Å². The fourth-order valence-electron chi connectivity index (χ4n) is 2.36. The molecule has 3 nitrogen and oxygen atoms in total. The number of benzene rings is 1. The van der Waals surface area contributed by atoms with Crippen LogP contribution >= 0.6 is 0 Å². The number of rotatable bonds is 7. The first kappa shape index (κ1) is 17.5. The lowest BCUT2D eigenvalue weighted by molar-refractivity contribution is -0.129. The Morgan fingerprint density at radius 2 is 1.67 bits per heavy atom. The van der Waals surface area contributed by atoms with Crippen molar-refractivity contribution in [2.75, 3.05) is 0 Å². The molecule has 0 aliphatic heterocycles. The summed E-state index contributed by atoms with van der Waals surface area (Å²) in [7, 11) is 0. The van der Waals surface area contributed by atoms with Crippen molar-refractivity contribution in [3.05, 3.63) is 30.1 Å². The maximum absolute atomic E-state index is 12.9. The van der Waals surface area contributed by atoms with Crippen LogP contribution in [0.25, 0.3) is 0 Å². The van der Waals surface area contributed by atoms with Gasteiger partial charge in [-0.2, -0.15) is 0 Å². The molecular formula is C17H26FNO2. The number of halogens is 1. The van der Waals surface area contributed by atoms with Crippen LogP contribution in [0.5, 0.6) is 5.75 Å². The molecule has 0 aliphatic carbocycles. The van der Waals surface area contributed by atoms with Crippen molar-refractivity contribution in [2.45, 2.75) is 53.2 Å². The summed E-state index contributed by atoms with van der Waals surface area (Å²) in [6.45, 7) is 10.3. The monoisotopic (exact) mass is 295 g/mol. The van der Waals surface area contributed by atoms with Crippen molar-refractivity contribution in [2.24, 2.45) is 11.8 Å². The first-order chi connectivity index (χ1) is 9.85. The fourth-order valence-corrected chi connectivity index (χ4v) is 2.36. The van der Waals surface area contributed by atoms with Gasteiger partial charge in [-0.3, -0.25) is 4.79 Å². The Kier molecular flexibility index (Phi) is 6.66. The average Bonchev–Trinajstić information content (AvgIpc) is 2.43. The normalized spacial score (nSPS) is 12.8. The van der Waals surface area contributed by atoms with E-state index in [1.165, 1.54) is 24.3 Å². The van der Waals surface area contributed by atoms with Gasteiger partial charge in [-0.05, 0) is 42.5 Å². The van der Waals surface area contributed by atoms with Crippen molar-refractivity contribution < 1.29 is 13.9 Å². The zero-order chi connectivity index (χ0) is 16.0. The number of carbonyl (C=O) groups is 1. The molecule has 0 unspecified atom stereocenters. The standard InChI is InChI=1S/C17H26FNO2/c1-6-15(21-14-9-7-13(18)8-10-14)17(20)19-16(11(2)3)12(4)5/h7-12,15-16H,6H2,1-5H3,(H,19,20)/t15-/m0/s1. The minimum Gasteiger partial charge on any atom is -0.481 e. The zero-order valence-corrected chi connectivity index (χ0v) is 13.5. The third-order valence-electron chi connectivity index (χ3n) is 3.50. The molecule has 4 heteroatoms. The van der Waals surface area contributed by atoms with Gasteiger partial charge in [0.25, 0.3) is 5.91 Å². The van der Waals surface area contributed by atoms with E-state index in [1.807, 2.05) is 6.92 Å². The van der Waals surface area contributed by atoms with E-state index in [-0.39, 0.29) is 17.8 Å². The molecule has 0 saturated heterocycles. The number of nitrogens with one attached hydrogen (secondary N) is 1. The molecule has 0 radical (unpaired) electrons. The summed E-state index contributed by atoms with van der Waals surface area (Å²) in [6, 6.07) is 5.83. The van der Waals surface area contributed by atoms with E-state index < -0.39 is 6.10 Å². The minimum atomic E-state index is -0.560. The predicted molar refractivity (Wildman–Crippen MR) is 82.7 cm³/mol. The highest BCUT2D eigenvalue weighted by Crippen LogP contribution is 2.16. The first-order valence-electron chi connectivity index (χ1n) is 7.57. The molecular weight excluding hydrogens is 269 g/mol. The first-order valence-corrected chi connectivity index (χ1v) is 7.57. The molecule has 1 atom stereocenters. The smallest absolute Gasteiger partial charge is 0.261 e. The Morgan fingerprint density at radius 3 is 2.10 bits per heavy atom. The molecule has 1 N–H and O–H groups in total. The lowest BCUT2D eigenvalue weighted by Gasteiger charge is -2.28. The van der Waals surface area contributed by atoms with Crippen LogP contribution in [0.1, 0.15) is 41.0 Å². The highest BCUT2D eigenvalue weighted by Gasteiger charge is 2.25. The summed E-state index contributed by atoms with van der Waals surface area (Å²) in [6.07, 6.45) is 0.00187. The van der Waals surface area contributed by atoms with Gasteiger partial charge in [-0.1, -0.05) is 34.6 Å². The van der Waals surface area contributed by atoms with Crippen molar-refractivity contribution in [1.82, 2.24) is 5.32 Å². The lowest BCUT2D eigenvalue weighted by Crippen LogP contribution is -2.48. The van der Waals surface area contributed by atoms with Crippen molar-refractivity contribution in [3.8, 4) is 5.75 Å². The number of amides is 1. The summed E-state index contributed by atoms with van der Waals surface area (Å²) in [5, 5.41) is 3.06. The molecule has 0 spiro atoms. The SMILES string of the molecule is CC[C@H](Oc1ccc(F)cc1)C(=O)NC(C(C)C)C(C)C. The molecule has 118 valence electrons. The fraction of sp³-hybridized carbons (Fsp3) is 0.588. The van der Waals surface area contributed by atoms with E-state index in [2.05, 4.69) is 33.0 Å². The lowest BCUT2D eigenvalue weighted by atomic mass is 9.93. The Bertz CT molecular complexity index is 435. The molecule has 0 bridgehead atoms. The van der Waals surface area contributed by atoms with Gasteiger partial charge in [-0.15, -0.1) is 0 Å². The Balaban J connectivity index is 2.70. The van der Waals surface area contributed by atoms with Crippen LogP contribution in [-0.4, -0.2) is 18.1 Å². The second kappa shape index (κ2) is 8.01. The Labute approximate surface area is 126 Å². The van der Waals surface area contributed by atoms with Crippen molar-refractivity contribution in [3.63, 3.8) is 0 Å². The molecule has 0 aromatic heterocycles. The molecule has 0 saturated carbocycles. The summed E-state index contributed by atoms with van der Waals surface area (Å²) in [4.78, 5) is 12.4. The van der Waals surface area contributed by atoms with E-state index in [1.54, 1.807) is 0 Å². The van der Waals surface area contributed by atoms with Crippen LogP contribution in [0.4, 0.5) is 4.39 Å². The maximum Gasteiger partial charge on any atom is 0.261 e. The number of hydrogen-bond donors (Lipinski definition) is 1. The molecule has 1 rings (SSSR count). The number of hydrogen-bond acceptors (Lipinski definition) is 2. The number of carbonyl (C=O) groups excluding carboxylic acids is 1. The Hall–Kier alpha value is -1.58. The summed E-state index contributed by atoms with van der Waals surface area (Å²) < 4.78 is 18.5. The van der Waals surface area contributed by atoms with Gasteiger partial charge in [0, 0.05) is 6.04 Å². The van der Waals surface area contributed by atoms with E-state index in [9.17, 15) is 9.18 Å². The van der Waals surface area contributed by atoms with Crippen LogP contribution in [0.2, 0.25) is 0 Å². The van der Waals surface area contributed by atoms with Gasteiger partial charge in [-0.25, -0.2) is 4.39 Å². The van der Waals surface area contributed by atoms with E-state index >= 15 is 0 Å². The van der Waals surface area contributed by atoms with Gasteiger partial charge in [0.1, 0.15) is 11.6 Å². The summed E-state index contributed by atoms with van der Waals surface area (Å²) >= 11 is 0. The van der Waals surface area contributed by atoms with Gasteiger partial charge >= 0.3 is 0 Å². The van der Waals surface area contributed by atoms with Crippen LogP contribution in [0.3, 0.4) is 0 Å². The largest absolute Gasteiger partial charge is 0.481 e. The zero-order valence-electron chi connectivity index (χ0n) is 13.5. The van der Waals surface area contributed by atoms with Gasteiger partial charge in [0.05, 0.1) is 0 Å². The van der Waals surface area contributed by atoms with Gasteiger partial charge < -0.3 is 10.1 Å². The van der Waals surface area contributed by atoms with E-state index in [0.29, 0.717) is 24.0 Å². The highest BCUT2D eigenvalue weighted by atomic mass is 19.1. The Morgan fingerprint density at radius 1 is 1.14 bits per heavy atom. The third kappa shape index (κ3) is 5.37. The maximum atomic E-state index is 12.9. The highest BCUT2D eigenvalue weighted by molar-refractivity contribution is 5.81. The van der Waals surface area contributed by atoms with E-state index in [4.69, 9.17) is 4.74 Å². The van der Waals surface area contributed by atoms with Crippen molar-refractivity contribution in [1.29, 1.82) is 0 Å². The molecule has 0 fully saturated rings. The topological polar surface area (TPSA) is 38.3 Å². The van der Waals surface area contributed by atoms with Gasteiger partial charge in [0.2, 0.25) is 0 Å². The molecule has 0 aliphatic rings. The second-order valence-corrected chi connectivity index (χ2v) is 5.99. The van der Waals surface area contributed by atoms with Crippen LogP contribution in [0, 0.1) is 17.7 Å². The third-order valence-corrected chi connectivity index (χ3v) is 3.50. The average molecular weight is 295 g/mol.